The summed E-state index contributed by atoms with van der Waals surface area (Å²) in [6.45, 7) is 5.72. The minimum absolute atomic E-state index is 0.157. The van der Waals surface area contributed by atoms with E-state index < -0.39 is 47.1 Å². The highest BCUT2D eigenvalue weighted by Crippen LogP contribution is 2.58. The van der Waals surface area contributed by atoms with Crippen LogP contribution in [0.3, 0.4) is 0 Å². The predicted octanol–water partition coefficient (Wildman–Crippen LogP) is 3.86. The maximum atomic E-state index is 13.8. The van der Waals surface area contributed by atoms with E-state index in [0.29, 0.717) is 5.75 Å². The van der Waals surface area contributed by atoms with Crippen LogP contribution in [0.25, 0.3) is 0 Å². The molecule has 2 aromatic carbocycles. The molecular formula is C25H25FN2O5. The SMILES string of the molecule is CCOC(=O)[C@@H]1[C@H]2COc3cc(CC)ccc3[C@H]2N2C(=O)N(c3ccc(F)cc3)C(=O)[C@@]12C. The van der Waals surface area contributed by atoms with E-state index in [1.54, 1.807) is 13.8 Å². The number of esters is 1. The number of hydrogen-bond acceptors (Lipinski definition) is 5. The third-order valence-corrected chi connectivity index (χ3v) is 7.11. The number of carbonyl (C=O) groups is 3. The molecule has 5 rings (SSSR count). The highest BCUT2D eigenvalue weighted by atomic mass is 19.1. The number of hydrogen-bond donors (Lipinski definition) is 0. The van der Waals surface area contributed by atoms with Crippen molar-refractivity contribution in [3.05, 3.63) is 59.4 Å². The molecule has 3 aliphatic rings. The number of amides is 3. The van der Waals surface area contributed by atoms with Crippen molar-refractivity contribution in [2.75, 3.05) is 18.1 Å². The van der Waals surface area contributed by atoms with Crippen molar-refractivity contribution in [1.29, 1.82) is 0 Å². The lowest BCUT2D eigenvalue weighted by atomic mass is 9.77. The maximum absolute atomic E-state index is 13.8. The molecule has 0 N–H and O–H groups in total. The third kappa shape index (κ3) is 2.89. The summed E-state index contributed by atoms with van der Waals surface area (Å²) in [6.07, 6.45) is 0.827. The zero-order chi connectivity index (χ0) is 23.5. The number of imide groups is 1. The third-order valence-electron chi connectivity index (χ3n) is 7.11. The van der Waals surface area contributed by atoms with E-state index in [-0.39, 0.29) is 18.9 Å². The van der Waals surface area contributed by atoms with Crippen LogP contribution in [0.4, 0.5) is 14.9 Å². The summed E-state index contributed by atoms with van der Waals surface area (Å²) in [4.78, 5) is 43.3. The summed E-state index contributed by atoms with van der Waals surface area (Å²) >= 11 is 0. The second-order valence-electron chi connectivity index (χ2n) is 8.79. The van der Waals surface area contributed by atoms with Gasteiger partial charge in [0.05, 0.1) is 30.9 Å². The van der Waals surface area contributed by atoms with Gasteiger partial charge < -0.3 is 14.4 Å². The molecule has 0 radical (unpaired) electrons. The van der Waals surface area contributed by atoms with Crippen molar-refractivity contribution in [3.8, 4) is 5.75 Å². The van der Waals surface area contributed by atoms with E-state index in [9.17, 15) is 18.8 Å². The van der Waals surface area contributed by atoms with Gasteiger partial charge in [0.1, 0.15) is 17.1 Å². The first-order valence-corrected chi connectivity index (χ1v) is 11.2. The first-order valence-electron chi connectivity index (χ1n) is 11.2. The monoisotopic (exact) mass is 452 g/mol. The molecule has 0 bridgehead atoms. The Bertz CT molecular complexity index is 1150. The van der Waals surface area contributed by atoms with Crippen LogP contribution in [0.5, 0.6) is 5.75 Å². The Labute approximate surface area is 191 Å². The number of benzene rings is 2. The number of fused-ring (bicyclic) bond motifs is 5. The Balaban J connectivity index is 1.66. The summed E-state index contributed by atoms with van der Waals surface area (Å²) in [7, 11) is 0. The normalized spacial score (nSPS) is 27.7. The van der Waals surface area contributed by atoms with Crippen LogP contribution >= 0.6 is 0 Å². The van der Waals surface area contributed by atoms with Crippen LogP contribution in [-0.2, 0) is 20.7 Å². The van der Waals surface area contributed by atoms with Gasteiger partial charge in [-0.1, -0.05) is 19.1 Å². The van der Waals surface area contributed by atoms with Gasteiger partial charge in [0.15, 0.2) is 0 Å². The van der Waals surface area contributed by atoms with E-state index in [4.69, 9.17) is 9.47 Å². The van der Waals surface area contributed by atoms with Crippen LogP contribution in [0.15, 0.2) is 42.5 Å². The number of nitrogens with zero attached hydrogens (tertiary/aromatic N) is 2. The molecule has 3 amide bonds. The van der Waals surface area contributed by atoms with Crippen LogP contribution < -0.4 is 9.64 Å². The number of anilines is 1. The van der Waals surface area contributed by atoms with E-state index in [2.05, 4.69) is 0 Å². The Hall–Kier alpha value is -3.42. The number of rotatable bonds is 4. The second kappa shape index (κ2) is 7.57. The highest BCUT2D eigenvalue weighted by molar-refractivity contribution is 6.24. The van der Waals surface area contributed by atoms with E-state index in [0.717, 1.165) is 22.4 Å². The van der Waals surface area contributed by atoms with Gasteiger partial charge in [-0.2, -0.15) is 0 Å². The molecule has 172 valence electrons. The largest absolute Gasteiger partial charge is 0.493 e. The molecule has 4 atom stereocenters. The zero-order valence-corrected chi connectivity index (χ0v) is 18.7. The highest BCUT2D eigenvalue weighted by Gasteiger charge is 2.72. The topological polar surface area (TPSA) is 76.2 Å². The molecule has 0 aromatic heterocycles. The predicted molar refractivity (Wildman–Crippen MR) is 117 cm³/mol. The summed E-state index contributed by atoms with van der Waals surface area (Å²) in [5.41, 5.74) is 0.659. The smallest absolute Gasteiger partial charge is 0.332 e. The van der Waals surface area contributed by atoms with Gasteiger partial charge in [-0.05, 0) is 56.2 Å². The van der Waals surface area contributed by atoms with Crippen molar-refractivity contribution in [1.82, 2.24) is 4.90 Å². The summed E-state index contributed by atoms with van der Waals surface area (Å²) in [5.74, 6) is -2.21. The average molecular weight is 452 g/mol. The lowest BCUT2D eigenvalue weighted by Crippen LogP contribution is -2.51. The maximum Gasteiger partial charge on any atom is 0.332 e. The first kappa shape index (κ1) is 21.4. The molecule has 7 nitrogen and oxygen atoms in total. The Kier molecular flexibility index (Phi) is 4.92. The van der Waals surface area contributed by atoms with E-state index in [1.807, 2.05) is 25.1 Å². The molecule has 0 aliphatic carbocycles. The van der Waals surface area contributed by atoms with Gasteiger partial charge in [-0.25, -0.2) is 14.1 Å². The lowest BCUT2D eigenvalue weighted by molar-refractivity contribution is -0.154. The lowest BCUT2D eigenvalue weighted by Gasteiger charge is -2.34. The minimum atomic E-state index is -1.46. The van der Waals surface area contributed by atoms with Crippen molar-refractivity contribution >= 4 is 23.6 Å². The standard InChI is InChI=1S/C25H25FN2O5/c1-4-14-6-11-17-19(12-14)33-13-18-20(22(29)32-5-2)25(3)23(30)27(24(31)28(25)21(17)18)16-9-7-15(26)8-10-16/h6-12,18,20-21H,4-5,13H2,1-3H3/t18-,20+,21-,25-/m1/s1. The molecule has 8 heteroatoms. The van der Waals surface area contributed by atoms with Crippen LogP contribution in [0.1, 0.15) is 37.9 Å². The van der Waals surface area contributed by atoms with Gasteiger partial charge in [-0.15, -0.1) is 0 Å². The van der Waals surface area contributed by atoms with Crippen molar-refractivity contribution < 1.29 is 28.2 Å². The average Bonchev–Trinajstić information content (AvgIpc) is 3.19. The van der Waals surface area contributed by atoms with E-state index in [1.165, 1.54) is 29.2 Å². The number of aryl methyl sites for hydroxylation is 1. The van der Waals surface area contributed by atoms with Crippen LogP contribution in [0, 0.1) is 17.7 Å². The number of carbonyl (C=O) groups excluding carboxylic acids is 3. The quantitative estimate of drug-likeness (QED) is 0.520. The molecule has 0 unspecified atom stereocenters. The first-order chi connectivity index (χ1) is 15.8. The van der Waals surface area contributed by atoms with E-state index >= 15 is 0 Å². The van der Waals surface area contributed by atoms with Crippen LogP contribution in [0.2, 0.25) is 0 Å². The molecule has 33 heavy (non-hydrogen) atoms. The van der Waals surface area contributed by atoms with Crippen molar-refractivity contribution in [2.45, 2.75) is 38.8 Å². The summed E-state index contributed by atoms with van der Waals surface area (Å²) in [6, 6.07) is 9.94. The molecular weight excluding hydrogens is 427 g/mol. The van der Waals surface area contributed by atoms with Crippen molar-refractivity contribution in [3.63, 3.8) is 0 Å². The Morgan fingerprint density at radius 3 is 2.58 bits per heavy atom. The molecule has 0 spiro atoms. The number of urea groups is 1. The minimum Gasteiger partial charge on any atom is -0.493 e. The molecule has 0 saturated carbocycles. The fourth-order valence-corrected chi connectivity index (χ4v) is 5.57. The van der Waals surface area contributed by atoms with Crippen LogP contribution in [-0.4, -0.2) is 41.6 Å². The van der Waals surface area contributed by atoms with Gasteiger partial charge in [0.25, 0.3) is 5.91 Å². The fraction of sp³-hybridized carbons (Fsp3) is 0.400. The van der Waals surface area contributed by atoms with Gasteiger partial charge in [0.2, 0.25) is 0 Å². The molecule has 2 fully saturated rings. The van der Waals surface area contributed by atoms with Gasteiger partial charge in [-0.3, -0.25) is 9.59 Å². The summed E-state index contributed by atoms with van der Waals surface area (Å²) in [5, 5.41) is 0. The number of ether oxygens (including phenoxy) is 2. The molecule has 2 saturated heterocycles. The van der Waals surface area contributed by atoms with Gasteiger partial charge >= 0.3 is 12.0 Å². The van der Waals surface area contributed by atoms with Gasteiger partial charge in [0, 0.05) is 11.5 Å². The zero-order valence-electron chi connectivity index (χ0n) is 18.7. The Morgan fingerprint density at radius 2 is 1.91 bits per heavy atom. The Morgan fingerprint density at radius 1 is 1.18 bits per heavy atom. The van der Waals surface area contributed by atoms with Crippen molar-refractivity contribution in [2.24, 2.45) is 11.8 Å². The number of halogens is 1. The fourth-order valence-electron chi connectivity index (χ4n) is 5.57. The molecule has 3 heterocycles. The molecule has 3 aliphatic heterocycles. The summed E-state index contributed by atoms with van der Waals surface area (Å²) < 4.78 is 24.9. The molecule has 2 aromatic rings. The second-order valence-corrected chi connectivity index (χ2v) is 8.79.